The SMILES string of the molecule is CC(=O)O[C@@H]1C[C@]2(C)C3COC(=O)C3=CCC2C(C)(C)[C@H]1OC(C)=O. The molecule has 2 aliphatic carbocycles. The maximum absolute atomic E-state index is 12.0. The first kappa shape index (κ1) is 18.0. The Hall–Kier alpha value is -1.85. The Bertz CT molecular complexity index is 648. The molecule has 0 amide bonds. The number of carbonyl (C=O) groups is 3. The lowest BCUT2D eigenvalue weighted by Gasteiger charge is -2.59. The summed E-state index contributed by atoms with van der Waals surface area (Å²) in [7, 11) is 0. The highest BCUT2D eigenvalue weighted by atomic mass is 16.6. The van der Waals surface area contributed by atoms with Crippen molar-refractivity contribution in [3.63, 3.8) is 0 Å². The van der Waals surface area contributed by atoms with Gasteiger partial charge in [0.1, 0.15) is 12.2 Å². The quantitative estimate of drug-likeness (QED) is 0.562. The maximum Gasteiger partial charge on any atom is 0.334 e. The van der Waals surface area contributed by atoms with Crippen molar-refractivity contribution in [2.75, 3.05) is 6.61 Å². The van der Waals surface area contributed by atoms with Crippen molar-refractivity contribution in [2.24, 2.45) is 22.7 Å². The van der Waals surface area contributed by atoms with Crippen LogP contribution in [-0.4, -0.2) is 36.7 Å². The summed E-state index contributed by atoms with van der Waals surface area (Å²) in [5.74, 6) is -0.863. The zero-order valence-corrected chi connectivity index (χ0v) is 15.5. The molecular formula is C19H26O6. The van der Waals surface area contributed by atoms with Gasteiger partial charge in [0, 0.05) is 30.8 Å². The lowest BCUT2D eigenvalue weighted by molar-refractivity contribution is -0.211. The summed E-state index contributed by atoms with van der Waals surface area (Å²) in [6, 6.07) is 0. The predicted molar refractivity (Wildman–Crippen MR) is 88.3 cm³/mol. The fourth-order valence-electron chi connectivity index (χ4n) is 5.38. The van der Waals surface area contributed by atoms with E-state index in [1.807, 2.05) is 6.08 Å². The van der Waals surface area contributed by atoms with Gasteiger partial charge < -0.3 is 14.2 Å². The van der Waals surface area contributed by atoms with Crippen molar-refractivity contribution in [1.82, 2.24) is 0 Å². The zero-order chi connectivity index (χ0) is 18.6. The highest BCUT2D eigenvalue weighted by Crippen LogP contribution is 2.61. The van der Waals surface area contributed by atoms with E-state index in [0.29, 0.717) is 13.0 Å². The summed E-state index contributed by atoms with van der Waals surface area (Å²) in [4.78, 5) is 35.3. The third-order valence-corrected chi connectivity index (χ3v) is 6.38. The fraction of sp³-hybridized carbons (Fsp3) is 0.737. The molecule has 1 saturated heterocycles. The molecule has 6 nitrogen and oxygen atoms in total. The molecule has 1 aliphatic heterocycles. The summed E-state index contributed by atoms with van der Waals surface area (Å²) in [5, 5.41) is 0. The van der Waals surface area contributed by atoms with Crippen LogP contribution in [0.2, 0.25) is 0 Å². The molecule has 0 aromatic rings. The van der Waals surface area contributed by atoms with Crippen molar-refractivity contribution >= 4 is 17.9 Å². The molecule has 25 heavy (non-hydrogen) atoms. The van der Waals surface area contributed by atoms with Gasteiger partial charge in [0.15, 0.2) is 0 Å². The fourth-order valence-corrected chi connectivity index (χ4v) is 5.38. The van der Waals surface area contributed by atoms with Crippen molar-refractivity contribution in [1.29, 1.82) is 0 Å². The largest absolute Gasteiger partial charge is 0.462 e. The van der Waals surface area contributed by atoms with Gasteiger partial charge in [-0.2, -0.15) is 0 Å². The molecule has 3 aliphatic rings. The summed E-state index contributed by atoms with van der Waals surface area (Å²) in [5.41, 5.74) is 0.0604. The van der Waals surface area contributed by atoms with Gasteiger partial charge in [0.05, 0.1) is 6.61 Å². The summed E-state index contributed by atoms with van der Waals surface area (Å²) >= 11 is 0. The Morgan fingerprint density at radius 1 is 1.16 bits per heavy atom. The van der Waals surface area contributed by atoms with Gasteiger partial charge in [0.25, 0.3) is 0 Å². The van der Waals surface area contributed by atoms with E-state index in [1.165, 1.54) is 13.8 Å². The van der Waals surface area contributed by atoms with Crippen LogP contribution in [0.5, 0.6) is 0 Å². The van der Waals surface area contributed by atoms with Crippen LogP contribution in [0.4, 0.5) is 0 Å². The molecular weight excluding hydrogens is 324 g/mol. The molecule has 3 rings (SSSR count). The Kier molecular flexibility index (Phi) is 4.20. The molecule has 0 N–H and O–H groups in total. The minimum atomic E-state index is -0.535. The Labute approximate surface area is 147 Å². The number of allylic oxidation sites excluding steroid dienone is 1. The average molecular weight is 350 g/mol. The van der Waals surface area contributed by atoms with E-state index in [0.717, 1.165) is 12.0 Å². The Morgan fingerprint density at radius 3 is 2.40 bits per heavy atom. The molecule has 1 heterocycles. The molecule has 2 unspecified atom stereocenters. The Morgan fingerprint density at radius 2 is 1.80 bits per heavy atom. The minimum absolute atomic E-state index is 0.0191. The van der Waals surface area contributed by atoms with E-state index in [4.69, 9.17) is 14.2 Å². The number of fused-ring (bicyclic) bond motifs is 3. The molecule has 5 atom stereocenters. The maximum atomic E-state index is 12.0. The van der Waals surface area contributed by atoms with Gasteiger partial charge in [0.2, 0.25) is 0 Å². The summed E-state index contributed by atoms with van der Waals surface area (Å²) in [6.07, 6.45) is 2.19. The third-order valence-electron chi connectivity index (χ3n) is 6.38. The van der Waals surface area contributed by atoms with Crippen molar-refractivity contribution < 1.29 is 28.6 Å². The van der Waals surface area contributed by atoms with Gasteiger partial charge in [-0.25, -0.2) is 4.79 Å². The number of rotatable bonds is 2. The van der Waals surface area contributed by atoms with E-state index in [2.05, 4.69) is 20.8 Å². The van der Waals surface area contributed by atoms with Crippen LogP contribution in [0.1, 0.15) is 47.5 Å². The molecule has 1 saturated carbocycles. The zero-order valence-electron chi connectivity index (χ0n) is 15.5. The molecule has 0 spiro atoms. The normalized spacial score (nSPS) is 38.8. The molecule has 2 fully saturated rings. The molecule has 138 valence electrons. The van der Waals surface area contributed by atoms with Crippen LogP contribution in [0, 0.1) is 22.7 Å². The first-order chi connectivity index (χ1) is 11.6. The van der Waals surface area contributed by atoms with Crippen LogP contribution in [0.15, 0.2) is 11.6 Å². The number of hydrogen-bond acceptors (Lipinski definition) is 6. The van der Waals surface area contributed by atoms with E-state index in [1.54, 1.807) is 0 Å². The van der Waals surface area contributed by atoms with Gasteiger partial charge in [-0.3, -0.25) is 9.59 Å². The average Bonchev–Trinajstić information content (AvgIpc) is 2.85. The number of carbonyl (C=O) groups excluding carboxylic acids is 3. The molecule has 0 aromatic heterocycles. The van der Waals surface area contributed by atoms with Crippen molar-refractivity contribution in [3.05, 3.63) is 11.6 Å². The second-order valence-electron chi connectivity index (χ2n) is 8.31. The monoisotopic (exact) mass is 350 g/mol. The smallest absolute Gasteiger partial charge is 0.334 e. The Balaban J connectivity index is 2.03. The van der Waals surface area contributed by atoms with Gasteiger partial charge in [-0.05, 0) is 24.2 Å². The molecule has 0 radical (unpaired) electrons. The standard InChI is InChI=1S/C19H26O6/c1-10(20)24-14-8-19(5)13-9-23-17(22)12(13)6-7-15(19)18(3,4)16(14)25-11(2)21/h6,13-16H,7-9H2,1-5H3/t13?,14-,15?,16+,19-/m1/s1. The summed E-state index contributed by atoms with van der Waals surface area (Å²) < 4.78 is 16.5. The van der Waals surface area contributed by atoms with E-state index < -0.39 is 23.6 Å². The van der Waals surface area contributed by atoms with Crippen molar-refractivity contribution in [3.8, 4) is 0 Å². The van der Waals surface area contributed by atoms with E-state index in [-0.39, 0.29) is 29.2 Å². The first-order valence-corrected chi connectivity index (χ1v) is 8.79. The van der Waals surface area contributed by atoms with Gasteiger partial charge in [-0.15, -0.1) is 0 Å². The number of hydrogen-bond donors (Lipinski definition) is 0. The van der Waals surface area contributed by atoms with Crippen LogP contribution in [-0.2, 0) is 28.6 Å². The minimum Gasteiger partial charge on any atom is -0.462 e. The lowest BCUT2D eigenvalue weighted by atomic mass is 9.47. The predicted octanol–water partition coefficient (Wildman–Crippen LogP) is 2.41. The number of ether oxygens (including phenoxy) is 3. The van der Waals surface area contributed by atoms with Crippen LogP contribution < -0.4 is 0 Å². The van der Waals surface area contributed by atoms with E-state index >= 15 is 0 Å². The first-order valence-electron chi connectivity index (χ1n) is 8.79. The van der Waals surface area contributed by atoms with Crippen molar-refractivity contribution in [2.45, 2.75) is 59.7 Å². The topological polar surface area (TPSA) is 78.9 Å². The van der Waals surface area contributed by atoms with Crippen LogP contribution in [0.3, 0.4) is 0 Å². The van der Waals surface area contributed by atoms with Crippen LogP contribution >= 0.6 is 0 Å². The number of cyclic esters (lactones) is 1. The molecule has 0 bridgehead atoms. The summed E-state index contributed by atoms with van der Waals surface area (Å²) in [6.45, 7) is 9.33. The van der Waals surface area contributed by atoms with E-state index in [9.17, 15) is 14.4 Å². The highest BCUT2D eigenvalue weighted by Gasteiger charge is 2.63. The molecule has 0 aromatic carbocycles. The lowest BCUT2D eigenvalue weighted by Crippen LogP contribution is -2.61. The highest BCUT2D eigenvalue weighted by molar-refractivity contribution is 5.91. The van der Waals surface area contributed by atoms with Gasteiger partial charge >= 0.3 is 17.9 Å². The molecule has 6 heteroatoms. The third kappa shape index (κ3) is 2.75. The van der Waals surface area contributed by atoms with Gasteiger partial charge in [-0.1, -0.05) is 26.8 Å². The second-order valence-corrected chi connectivity index (χ2v) is 8.31. The number of esters is 3. The second kappa shape index (κ2) is 5.85. The van der Waals surface area contributed by atoms with Crippen LogP contribution in [0.25, 0.3) is 0 Å².